The molecular weight excluding hydrogens is 588 g/mol. The molecule has 12 nitrogen and oxygen atoms in total. The molecule has 2 atom stereocenters. The van der Waals surface area contributed by atoms with Crippen molar-refractivity contribution in [1.29, 1.82) is 0 Å². The highest BCUT2D eigenvalue weighted by Crippen LogP contribution is 2.44. The molecule has 2 unspecified atom stereocenters. The van der Waals surface area contributed by atoms with E-state index in [0.29, 0.717) is 25.4 Å². The van der Waals surface area contributed by atoms with Crippen LogP contribution < -0.4 is 10.1 Å². The first kappa shape index (κ1) is 33.6. The number of fused-ring (bicyclic) bond motifs is 1. The number of rotatable bonds is 10. The van der Waals surface area contributed by atoms with Gasteiger partial charge in [-0.3, -0.25) is 14.8 Å². The Hall–Kier alpha value is -3.74. The number of aromatic amines is 1. The van der Waals surface area contributed by atoms with Gasteiger partial charge in [0, 0.05) is 43.3 Å². The summed E-state index contributed by atoms with van der Waals surface area (Å²) in [6.45, 7) is 14.3. The highest BCUT2D eigenvalue weighted by molar-refractivity contribution is 5.85. The smallest absolute Gasteiger partial charge is 0.325 e. The number of benzene rings is 1. The molecule has 250 valence electrons. The maximum Gasteiger partial charge on any atom is 0.325 e. The molecule has 46 heavy (non-hydrogen) atoms. The summed E-state index contributed by atoms with van der Waals surface area (Å²) >= 11 is 0. The van der Waals surface area contributed by atoms with Crippen molar-refractivity contribution in [2.75, 3.05) is 46.8 Å². The van der Waals surface area contributed by atoms with Crippen molar-refractivity contribution >= 4 is 23.0 Å². The highest BCUT2D eigenvalue weighted by Gasteiger charge is 2.50. The van der Waals surface area contributed by atoms with E-state index in [2.05, 4.69) is 54.2 Å². The number of ether oxygens (including phenoxy) is 4. The summed E-state index contributed by atoms with van der Waals surface area (Å²) in [5, 5.41) is 11.5. The van der Waals surface area contributed by atoms with Crippen molar-refractivity contribution in [2.45, 2.75) is 84.0 Å². The van der Waals surface area contributed by atoms with Crippen LogP contribution in [0.5, 0.6) is 5.75 Å². The Morgan fingerprint density at radius 1 is 1.13 bits per heavy atom. The van der Waals surface area contributed by atoms with E-state index in [0.717, 1.165) is 52.8 Å². The summed E-state index contributed by atoms with van der Waals surface area (Å²) in [5.41, 5.74) is 3.46. The number of amides is 2. The number of nitrogens with one attached hydrogen (secondary N) is 2. The van der Waals surface area contributed by atoms with E-state index >= 15 is 0 Å². The average molecular weight is 637 g/mol. The van der Waals surface area contributed by atoms with E-state index < -0.39 is 17.0 Å². The fourth-order valence-corrected chi connectivity index (χ4v) is 6.72. The van der Waals surface area contributed by atoms with Crippen molar-refractivity contribution < 1.29 is 28.5 Å². The maximum atomic E-state index is 13.5. The quantitative estimate of drug-likeness (QED) is 0.234. The summed E-state index contributed by atoms with van der Waals surface area (Å²) in [4.78, 5) is 34.8. The second-order valence-electron chi connectivity index (χ2n) is 13.4. The lowest BCUT2D eigenvalue weighted by molar-refractivity contribution is -0.142. The fourth-order valence-electron chi connectivity index (χ4n) is 6.72. The number of carbonyl (C=O) groups excluding carboxylic acids is 2. The number of H-pyrrole nitrogens is 1. The van der Waals surface area contributed by atoms with Gasteiger partial charge >= 0.3 is 12.0 Å². The van der Waals surface area contributed by atoms with Gasteiger partial charge in [0.1, 0.15) is 12.3 Å². The molecule has 4 heterocycles. The number of esters is 1. The van der Waals surface area contributed by atoms with Crippen LogP contribution in [0.4, 0.5) is 4.79 Å². The van der Waals surface area contributed by atoms with Crippen LogP contribution in [-0.4, -0.2) is 101 Å². The number of aromatic nitrogens is 3. The van der Waals surface area contributed by atoms with Crippen LogP contribution in [0.15, 0.2) is 30.3 Å². The van der Waals surface area contributed by atoms with Gasteiger partial charge < -0.3 is 29.2 Å². The molecule has 2 saturated heterocycles. The molecule has 0 radical (unpaired) electrons. The van der Waals surface area contributed by atoms with Gasteiger partial charge in [-0.2, -0.15) is 5.10 Å². The Labute approximate surface area is 271 Å². The number of nitrogens with zero attached hydrogens (tertiary/aromatic N) is 4. The monoisotopic (exact) mass is 636 g/mol. The van der Waals surface area contributed by atoms with Crippen LogP contribution in [0.2, 0.25) is 0 Å². The third-order valence-electron chi connectivity index (χ3n) is 9.00. The summed E-state index contributed by atoms with van der Waals surface area (Å²) in [7, 11) is 1.59. The Bertz CT molecular complexity index is 1510. The molecule has 2 aliphatic heterocycles. The zero-order valence-corrected chi connectivity index (χ0v) is 28.1. The normalized spacial score (nSPS) is 20.3. The molecule has 0 saturated carbocycles. The average Bonchev–Trinajstić information content (AvgIpc) is 3.41. The van der Waals surface area contributed by atoms with E-state index in [-0.39, 0.29) is 38.1 Å². The number of piperazine rings is 1. The Kier molecular flexibility index (Phi) is 10.2. The number of urea groups is 1. The minimum absolute atomic E-state index is 0.0643. The van der Waals surface area contributed by atoms with Gasteiger partial charge in [0.05, 0.1) is 35.7 Å². The third-order valence-corrected chi connectivity index (χ3v) is 9.00. The van der Waals surface area contributed by atoms with Gasteiger partial charge in [-0.1, -0.05) is 0 Å². The standard InChI is InChI=1S/C34H48N6O6/c1-8-44-28(41)18-35-32(42)40-20-33(3,4)39(19-34(40,5)6)30(27-11-9-10-16-45-27)25-17-26(36-31-29(25)22(2)37-38-31)23-12-14-24(15-13-23)46-21-43-7/h12-15,17,27,30H,8-11,16,18-21H2,1-7H3,(H,35,42)(H,36,37,38). The second-order valence-corrected chi connectivity index (χ2v) is 13.4. The molecule has 2 aromatic heterocycles. The summed E-state index contributed by atoms with van der Waals surface area (Å²) in [6, 6.07) is 9.59. The van der Waals surface area contributed by atoms with Gasteiger partial charge in [0.2, 0.25) is 0 Å². The molecule has 2 fully saturated rings. The number of hydrogen-bond donors (Lipinski definition) is 2. The molecule has 0 bridgehead atoms. The van der Waals surface area contributed by atoms with Gasteiger partial charge in [0.25, 0.3) is 0 Å². The van der Waals surface area contributed by atoms with E-state index in [1.165, 1.54) is 0 Å². The minimum atomic E-state index is -0.556. The van der Waals surface area contributed by atoms with E-state index in [1.807, 2.05) is 36.1 Å². The lowest BCUT2D eigenvalue weighted by atomic mass is 9.82. The Morgan fingerprint density at radius 2 is 1.89 bits per heavy atom. The predicted molar refractivity (Wildman–Crippen MR) is 174 cm³/mol. The third kappa shape index (κ3) is 7.13. The number of aryl methyl sites for hydroxylation is 1. The zero-order valence-electron chi connectivity index (χ0n) is 28.1. The topological polar surface area (TPSA) is 131 Å². The van der Waals surface area contributed by atoms with Crippen LogP contribution in [0.25, 0.3) is 22.3 Å². The van der Waals surface area contributed by atoms with Gasteiger partial charge in [-0.25, -0.2) is 9.78 Å². The molecule has 3 aromatic rings. The van der Waals surface area contributed by atoms with Crippen molar-refractivity contribution in [3.8, 4) is 17.0 Å². The van der Waals surface area contributed by atoms with E-state index in [4.69, 9.17) is 23.9 Å². The number of hydrogen-bond acceptors (Lipinski definition) is 9. The van der Waals surface area contributed by atoms with Crippen molar-refractivity contribution in [3.63, 3.8) is 0 Å². The van der Waals surface area contributed by atoms with Crippen LogP contribution in [0.1, 0.15) is 71.2 Å². The molecule has 2 aliphatic rings. The largest absolute Gasteiger partial charge is 0.468 e. The minimum Gasteiger partial charge on any atom is -0.468 e. The Balaban J connectivity index is 1.55. The maximum absolute atomic E-state index is 13.5. The first-order valence-corrected chi connectivity index (χ1v) is 16.1. The molecule has 1 aromatic carbocycles. The van der Waals surface area contributed by atoms with Gasteiger partial charge in [-0.05, 0) is 96.7 Å². The first-order chi connectivity index (χ1) is 21.9. The summed E-state index contributed by atoms with van der Waals surface area (Å²) in [6.07, 6.45) is 2.97. The first-order valence-electron chi connectivity index (χ1n) is 16.1. The number of methoxy groups -OCH3 is 1. The van der Waals surface area contributed by atoms with Crippen LogP contribution in [0, 0.1) is 6.92 Å². The van der Waals surface area contributed by atoms with E-state index in [9.17, 15) is 9.59 Å². The number of pyridine rings is 1. The second kappa shape index (κ2) is 13.9. The molecule has 0 aliphatic carbocycles. The lowest BCUT2D eigenvalue weighted by Gasteiger charge is -2.58. The van der Waals surface area contributed by atoms with Gasteiger partial charge in [0.15, 0.2) is 12.4 Å². The van der Waals surface area contributed by atoms with Crippen molar-refractivity contribution in [2.24, 2.45) is 0 Å². The summed E-state index contributed by atoms with van der Waals surface area (Å²) in [5.74, 6) is 0.261. The highest BCUT2D eigenvalue weighted by atomic mass is 16.7. The zero-order chi connectivity index (χ0) is 33.1. The Morgan fingerprint density at radius 3 is 2.57 bits per heavy atom. The molecule has 0 spiro atoms. The molecular formula is C34H48N6O6. The fraction of sp³-hybridized carbons (Fsp3) is 0.588. The van der Waals surface area contributed by atoms with Crippen molar-refractivity contribution in [1.82, 2.24) is 30.3 Å². The van der Waals surface area contributed by atoms with Crippen LogP contribution in [-0.2, 0) is 19.0 Å². The number of carbonyl (C=O) groups is 2. The van der Waals surface area contributed by atoms with Crippen LogP contribution in [0.3, 0.4) is 0 Å². The lowest BCUT2D eigenvalue weighted by Crippen LogP contribution is -2.71. The molecule has 12 heteroatoms. The molecule has 2 amide bonds. The predicted octanol–water partition coefficient (Wildman–Crippen LogP) is 4.97. The summed E-state index contributed by atoms with van der Waals surface area (Å²) < 4.78 is 22.2. The molecule has 2 N–H and O–H groups in total. The SMILES string of the molecule is CCOC(=O)CNC(=O)N1CC(C)(C)N(C(c2cc(-c3ccc(OCOC)cc3)nc3[nH]nc(C)c23)C2CCCCO2)CC1(C)C. The van der Waals surface area contributed by atoms with E-state index in [1.54, 1.807) is 14.0 Å². The van der Waals surface area contributed by atoms with Crippen LogP contribution >= 0.6 is 0 Å². The molecule has 5 rings (SSSR count). The van der Waals surface area contributed by atoms with Gasteiger partial charge in [-0.15, -0.1) is 0 Å². The van der Waals surface area contributed by atoms with Crippen molar-refractivity contribution in [3.05, 3.63) is 41.6 Å².